The normalized spacial score (nSPS) is 12.1. The van der Waals surface area contributed by atoms with Crippen molar-refractivity contribution in [2.45, 2.75) is 32.9 Å². The molecule has 0 spiro atoms. The fraction of sp³-hybridized carbons (Fsp3) is 0.333. The van der Waals surface area contributed by atoms with Crippen molar-refractivity contribution in [3.63, 3.8) is 0 Å². The zero-order valence-electron chi connectivity index (χ0n) is 23.5. The Labute approximate surface area is 252 Å². The zero-order valence-corrected chi connectivity index (χ0v) is 25.8. The number of nitrogens with zero attached hydrogens (tertiary/aromatic N) is 2. The maximum atomic E-state index is 14.1. The molecule has 0 saturated heterocycles. The molecule has 3 aromatic rings. The molecule has 0 aliphatic rings. The average molecular weight is 621 g/mol. The topological polar surface area (TPSA) is 96.0 Å². The number of amides is 2. The van der Waals surface area contributed by atoms with Crippen molar-refractivity contribution in [1.82, 2.24) is 10.2 Å². The van der Waals surface area contributed by atoms with Gasteiger partial charge in [0.25, 0.3) is 0 Å². The molecule has 0 radical (unpaired) electrons. The van der Waals surface area contributed by atoms with Crippen LogP contribution in [0.3, 0.4) is 0 Å². The van der Waals surface area contributed by atoms with E-state index in [0.717, 1.165) is 16.1 Å². The van der Waals surface area contributed by atoms with Crippen molar-refractivity contribution in [2.24, 2.45) is 5.92 Å². The average Bonchev–Trinajstić information content (AvgIpc) is 2.92. The van der Waals surface area contributed by atoms with E-state index in [2.05, 4.69) is 5.32 Å². The minimum Gasteiger partial charge on any atom is -0.495 e. The van der Waals surface area contributed by atoms with Gasteiger partial charge in [0.15, 0.2) is 0 Å². The number of anilines is 1. The third-order valence-corrected chi connectivity index (χ3v) is 7.97. The monoisotopic (exact) mass is 619 g/mol. The number of methoxy groups -OCH3 is 1. The highest BCUT2D eigenvalue weighted by Gasteiger charge is 2.33. The minimum absolute atomic E-state index is 0.0347. The molecular weight excluding hydrogens is 585 g/mol. The van der Waals surface area contributed by atoms with Crippen LogP contribution in [0.1, 0.15) is 25.0 Å². The third kappa shape index (κ3) is 9.38. The molecule has 0 saturated carbocycles. The summed E-state index contributed by atoms with van der Waals surface area (Å²) in [6.07, 6.45) is 1.24. The van der Waals surface area contributed by atoms with Crippen LogP contribution in [0.15, 0.2) is 72.8 Å². The lowest BCUT2D eigenvalue weighted by Crippen LogP contribution is -2.53. The Bertz CT molecular complexity index is 1450. The van der Waals surface area contributed by atoms with Crippen molar-refractivity contribution >= 4 is 50.7 Å². The van der Waals surface area contributed by atoms with Gasteiger partial charge in [-0.1, -0.05) is 79.5 Å². The number of carbonyl (C=O) groups is 2. The zero-order chi connectivity index (χ0) is 30.2. The van der Waals surface area contributed by atoms with Crippen molar-refractivity contribution in [3.8, 4) is 5.75 Å². The Morgan fingerprint density at radius 2 is 1.63 bits per heavy atom. The fourth-order valence-electron chi connectivity index (χ4n) is 4.23. The number of sulfonamides is 1. The van der Waals surface area contributed by atoms with E-state index in [9.17, 15) is 18.0 Å². The number of nitrogens with one attached hydrogen (secondary N) is 1. The van der Waals surface area contributed by atoms with E-state index in [0.29, 0.717) is 22.9 Å². The highest BCUT2D eigenvalue weighted by Crippen LogP contribution is 2.30. The quantitative estimate of drug-likeness (QED) is 0.284. The first-order chi connectivity index (χ1) is 19.4. The SMILES string of the molecule is COc1ccc(N(CC(=O)N(Cc2cccc(Cl)c2)C(Cc2ccccc2)C(=O)NCC(C)C)S(C)(=O)=O)cc1Cl. The van der Waals surface area contributed by atoms with Crippen LogP contribution in [0.25, 0.3) is 0 Å². The van der Waals surface area contributed by atoms with Crippen LogP contribution < -0.4 is 14.4 Å². The molecule has 0 heterocycles. The van der Waals surface area contributed by atoms with Crippen LogP contribution in [0.4, 0.5) is 5.69 Å². The molecule has 0 fully saturated rings. The number of carbonyl (C=O) groups excluding carboxylic acids is 2. The van der Waals surface area contributed by atoms with Gasteiger partial charge in [0, 0.05) is 24.5 Å². The summed E-state index contributed by atoms with van der Waals surface area (Å²) >= 11 is 12.5. The molecule has 41 heavy (non-hydrogen) atoms. The maximum Gasteiger partial charge on any atom is 0.244 e. The van der Waals surface area contributed by atoms with Crippen LogP contribution in [-0.2, 0) is 32.6 Å². The number of benzene rings is 3. The van der Waals surface area contributed by atoms with Crippen LogP contribution in [-0.4, -0.2) is 57.6 Å². The Morgan fingerprint density at radius 1 is 0.951 bits per heavy atom. The standard InChI is InChI=1S/C30H35Cl2N3O5S/c1-21(2)18-33-30(37)27(16-22-9-6-5-7-10-22)34(19-23-11-8-12-24(31)15-23)29(36)20-35(41(4,38)39)25-13-14-28(40-3)26(32)17-25/h5-15,17,21,27H,16,18-20H2,1-4H3,(H,33,37). The Kier molecular flexibility index (Phi) is 11.5. The fourth-order valence-corrected chi connectivity index (χ4v) is 5.54. The number of halogens is 2. The van der Waals surface area contributed by atoms with E-state index >= 15 is 0 Å². The molecule has 0 bridgehead atoms. The molecule has 11 heteroatoms. The molecule has 8 nitrogen and oxygen atoms in total. The largest absolute Gasteiger partial charge is 0.495 e. The molecule has 3 aromatic carbocycles. The van der Waals surface area contributed by atoms with Gasteiger partial charge in [0.2, 0.25) is 21.8 Å². The van der Waals surface area contributed by atoms with Crippen molar-refractivity contribution in [2.75, 3.05) is 30.8 Å². The second-order valence-electron chi connectivity index (χ2n) is 10.1. The molecular formula is C30H35Cl2N3O5S. The second-order valence-corrected chi connectivity index (χ2v) is 12.8. The van der Waals surface area contributed by atoms with Crippen LogP contribution in [0.2, 0.25) is 10.0 Å². The number of ether oxygens (including phenoxy) is 1. The summed E-state index contributed by atoms with van der Waals surface area (Å²) in [6.45, 7) is 3.86. The Morgan fingerprint density at radius 3 is 2.22 bits per heavy atom. The van der Waals surface area contributed by atoms with E-state index in [1.165, 1.54) is 30.2 Å². The highest BCUT2D eigenvalue weighted by atomic mass is 35.5. The van der Waals surface area contributed by atoms with E-state index in [1.807, 2.05) is 44.2 Å². The molecule has 1 unspecified atom stereocenters. The van der Waals surface area contributed by atoms with Crippen molar-refractivity contribution in [1.29, 1.82) is 0 Å². The van der Waals surface area contributed by atoms with Gasteiger partial charge in [0.05, 0.1) is 24.1 Å². The summed E-state index contributed by atoms with van der Waals surface area (Å²) in [5.41, 5.74) is 1.74. The first kappa shape index (κ1) is 32.2. The summed E-state index contributed by atoms with van der Waals surface area (Å²) in [6, 6.07) is 19.9. The number of hydrogen-bond acceptors (Lipinski definition) is 5. The summed E-state index contributed by atoms with van der Waals surface area (Å²) in [5, 5.41) is 3.62. The summed E-state index contributed by atoms with van der Waals surface area (Å²) in [5.74, 6) is -0.351. The molecule has 0 aromatic heterocycles. The molecule has 220 valence electrons. The molecule has 1 N–H and O–H groups in total. The van der Waals surface area contributed by atoms with Crippen LogP contribution in [0.5, 0.6) is 5.75 Å². The van der Waals surface area contributed by atoms with Gasteiger partial charge in [-0.25, -0.2) is 8.42 Å². The number of rotatable bonds is 13. The summed E-state index contributed by atoms with van der Waals surface area (Å²) in [4.78, 5) is 29.1. The minimum atomic E-state index is -3.92. The molecule has 2 amide bonds. The van der Waals surface area contributed by atoms with Gasteiger partial charge >= 0.3 is 0 Å². The van der Waals surface area contributed by atoms with Crippen LogP contribution >= 0.6 is 23.2 Å². The molecule has 0 aliphatic carbocycles. The third-order valence-electron chi connectivity index (χ3n) is 6.30. The summed E-state index contributed by atoms with van der Waals surface area (Å²) in [7, 11) is -2.48. The van der Waals surface area contributed by atoms with E-state index in [4.69, 9.17) is 27.9 Å². The van der Waals surface area contributed by atoms with E-state index in [1.54, 1.807) is 24.3 Å². The van der Waals surface area contributed by atoms with Crippen molar-refractivity contribution in [3.05, 3.63) is 94.0 Å². The number of hydrogen-bond donors (Lipinski definition) is 1. The van der Waals surface area contributed by atoms with E-state index < -0.39 is 28.5 Å². The Hall–Kier alpha value is -3.27. The van der Waals surface area contributed by atoms with Gasteiger partial charge in [-0.15, -0.1) is 0 Å². The van der Waals surface area contributed by atoms with Gasteiger partial charge < -0.3 is 15.0 Å². The lowest BCUT2D eigenvalue weighted by molar-refractivity contribution is -0.140. The van der Waals surface area contributed by atoms with Crippen molar-refractivity contribution < 1.29 is 22.7 Å². The first-order valence-electron chi connectivity index (χ1n) is 13.1. The molecule has 1 atom stereocenters. The van der Waals surface area contributed by atoms with E-state index in [-0.39, 0.29) is 35.5 Å². The Balaban J connectivity index is 2.06. The highest BCUT2D eigenvalue weighted by molar-refractivity contribution is 7.92. The molecule has 0 aliphatic heterocycles. The smallest absolute Gasteiger partial charge is 0.244 e. The van der Waals surface area contributed by atoms with Gasteiger partial charge in [-0.05, 0) is 47.4 Å². The first-order valence-corrected chi connectivity index (χ1v) is 15.7. The predicted octanol–water partition coefficient (Wildman–Crippen LogP) is 5.18. The lowest BCUT2D eigenvalue weighted by atomic mass is 10.0. The maximum absolute atomic E-state index is 14.1. The van der Waals surface area contributed by atoms with Gasteiger partial charge in [0.1, 0.15) is 18.3 Å². The molecule has 3 rings (SSSR count). The van der Waals surface area contributed by atoms with Gasteiger partial charge in [-0.3, -0.25) is 13.9 Å². The van der Waals surface area contributed by atoms with Gasteiger partial charge in [-0.2, -0.15) is 0 Å². The lowest BCUT2D eigenvalue weighted by Gasteiger charge is -2.33. The van der Waals surface area contributed by atoms with Crippen LogP contribution in [0, 0.1) is 5.92 Å². The summed E-state index contributed by atoms with van der Waals surface area (Å²) < 4.78 is 32.0. The second kappa shape index (κ2) is 14.6. The predicted molar refractivity (Wildman–Crippen MR) is 164 cm³/mol.